The molecule has 2 aromatic rings. The summed E-state index contributed by atoms with van der Waals surface area (Å²) >= 11 is 0. The molecule has 0 bridgehead atoms. The number of ether oxygens (including phenoxy) is 1. The second kappa shape index (κ2) is 8.13. The minimum Gasteiger partial charge on any atom is -0.449 e. The Morgan fingerprint density at radius 3 is 2.62 bits per heavy atom. The molecule has 0 saturated carbocycles. The molecule has 0 saturated heterocycles. The molecule has 0 aliphatic carbocycles. The Bertz CT molecular complexity index is 687. The Morgan fingerprint density at radius 1 is 1.25 bits per heavy atom. The predicted octanol–water partition coefficient (Wildman–Crippen LogP) is 5.07. The topological polar surface area (TPSA) is 44.1 Å². The molecular weight excluding hydrogens is 300 g/mol. The number of aryl methyl sites for hydroxylation is 1. The Hall–Kier alpha value is -2.10. The van der Waals surface area contributed by atoms with Gasteiger partial charge in [0.2, 0.25) is 0 Å². The van der Waals surface area contributed by atoms with Crippen LogP contribution in [0.4, 0.5) is 4.79 Å². The van der Waals surface area contributed by atoms with E-state index in [-0.39, 0.29) is 12.0 Å². The number of hydrogen-bond acceptors (Lipinski definition) is 3. The monoisotopic (exact) mass is 328 g/mol. The minimum atomic E-state index is -0.341. The molecule has 0 N–H and O–H groups in total. The van der Waals surface area contributed by atoms with Crippen LogP contribution in [0.1, 0.15) is 62.0 Å². The lowest BCUT2D eigenvalue weighted by molar-refractivity contribution is 0.125. The van der Waals surface area contributed by atoms with Gasteiger partial charge in [-0.1, -0.05) is 51.8 Å². The number of hydrogen-bond donors (Lipinski definition) is 0. The summed E-state index contributed by atoms with van der Waals surface area (Å²) in [6.07, 6.45) is 5.03. The molecule has 0 aliphatic heterocycles. The van der Waals surface area contributed by atoms with E-state index in [2.05, 4.69) is 51.7 Å². The van der Waals surface area contributed by atoms with Gasteiger partial charge in [-0.15, -0.1) is 0 Å². The lowest BCUT2D eigenvalue weighted by Gasteiger charge is -2.18. The highest BCUT2D eigenvalue weighted by molar-refractivity contribution is 5.71. The molecule has 2 rings (SSSR count). The van der Waals surface area contributed by atoms with Gasteiger partial charge in [0.1, 0.15) is 5.82 Å². The molecule has 1 aromatic carbocycles. The van der Waals surface area contributed by atoms with Gasteiger partial charge in [0.25, 0.3) is 0 Å². The van der Waals surface area contributed by atoms with Gasteiger partial charge in [0.05, 0.1) is 6.61 Å². The van der Waals surface area contributed by atoms with E-state index in [9.17, 15) is 4.79 Å². The van der Waals surface area contributed by atoms with E-state index in [1.807, 2.05) is 6.07 Å². The Morgan fingerprint density at radius 2 is 1.96 bits per heavy atom. The summed E-state index contributed by atoms with van der Waals surface area (Å²) in [7, 11) is 0. The minimum absolute atomic E-state index is 0.0283. The van der Waals surface area contributed by atoms with Gasteiger partial charge in [0.15, 0.2) is 0 Å². The number of rotatable bonds is 6. The molecule has 0 fully saturated rings. The first-order chi connectivity index (χ1) is 11.5. The van der Waals surface area contributed by atoms with Gasteiger partial charge in [-0.3, -0.25) is 0 Å². The molecule has 0 unspecified atom stereocenters. The summed E-state index contributed by atoms with van der Waals surface area (Å²) in [5.41, 5.74) is 3.67. The second-order valence-corrected chi connectivity index (χ2v) is 6.43. The molecule has 130 valence electrons. The fourth-order valence-electron chi connectivity index (χ4n) is 2.95. The van der Waals surface area contributed by atoms with E-state index in [1.54, 1.807) is 12.4 Å². The highest BCUT2D eigenvalue weighted by Gasteiger charge is 2.21. The predicted molar refractivity (Wildman–Crippen MR) is 96.5 cm³/mol. The lowest BCUT2D eigenvalue weighted by Crippen LogP contribution is -2.21. The maximum atomic E-state index is 12.5. The van der Waals surface area contributed by atoms with Crippen molar-refractivity contribution in [3.05, 3.63) is 53.1 Å². The quantitative estimate of drug-likeness (QED) is 0.743. The molecule has 4 heteroatoms. The summed E-state index contributed by atoms with van der Waals surface area (Å²) in [5, 5.41) is 0. The smallest absolute Gasteiger partial charge is 0.419 e. The Kier molecular flexibility index (Phi) is 6.18. The van der Waals surface area contributed by atoms with Crippen molar-refractivity contribution in [2.45, 2.75) is 53.4 Å². The van der Waals surface area contributed by atoms with Crippen molar-refractivity contribution in [2.24, 2.45) is 5.92 Å². The van der Waals surface area contributed by atoms with Crippen molar-refractivity contribution in [1.82, 2.24) is 9.55 Å². The van der Waals surface area contributed by atoms with E-state index in [0.717, 1.165) is 18.7 Å². The number of nitrogens with zero attached hydrogens (tertiary/aromatic N) is 2. The van der Waals surface area contributed by atoms with Crippen LogP contribution in [-0.2, 0) is 4.74 Å². The maximum absolute atomic E-state index is 12.5. The van der Waals surface area contributed by atoms with E-state index < -0.39 is 0 Å². The largest absolute Gasteiger partial charge is 0.449 e. The van der Waals surface area contributed by atoms with Gasteiger partial charge in [-0.2, -0.15) is 0 Å². The molecular formula is C20H28N2O2. The van der Waals surface area contributed by atoms with Crippen LogP contribution in [0.2, 0.25) is 0 Å². The number of benzene rings is 1. The van der Waals surface area contributed by atoms with Crippen molar-refractivity contribution in [3.63, 3.8) is 0 Å². The Labute approximate surface area is 144 Å². The van der Waals surface area contributed by atoms with Crippen molar-refractivity contribution >= 4 is 6.09 Å². The molecule has 1 atom stereocenters. The third kappa shape index (κ3) is 3.86. The number of aromatic nitrogens is 2. The molecule has 24 heavy (non-hydrogen) atoms. The van der Waals surface area contributed by atoms with Crippen molar-refractivity contribution in [1.29, 1.82) is 0 Å². The third-order valence-electron chi connectivity index (χ3n) is 4.96. The van der Waals surface area contributed by atoms with Crippen LogP contribution in [-0.4, -0.2) is 22.3 Å². The van der Waals surface area contributed by atoms with Crippen LogP contribution in [0, 0.1) is 19.8 Å². The van der Waals surface area contributed by atoms with E-state index in [4.69, 9.17) is 4.74 Å². The average molecular weight is 328 g/mol. The molecule has 4 nitrogen and oxygen atoms in total. The standard InChI is InChI=1S/C20H28N2O2/c1-6-17(7-2)13-24-20(23)22-12-11-21-19(22)16(5)18-10-8-9-14(3)15(18)4/h8-12,16-17H,6-7,13H2,1-5H3/t16-/m0/s1. The normalized spacial score (nSPS) is 12.4. The van der Waals surface area contributed by atoms with Crippen LogP contribution in [0.15, 0.2) is 30.6 Å². The molecule has 1 heterocycles. The first-order valence-electron chi connectivity index (χ1n) is 8.76. The lowest BCUT2D eigenvalue weighted by atomic mass is 9.93. The van der Waals surface area contributed by atoms with Crippen molar-refractivity contribution in [2.75, 3.05) is 6.61 Å². The van der Waals surface area contributed by atoms with Crippen molar-refractivity contribution < 1.29 is 9.53 Å². The molecule has 1 aromatic heterocycles. The first-order valence-corrected chi connectivity index (χ1v) is 8.76. The van der Waals surface area contributed by atoms with Gasteiger partial charge >= 0.3 is 6.09 Å². The zero-order valence-electron chi connectivity index (χ0n) is 15.4. The summed E-state index contributed by atoms with van der Waals surface area (Å²) < 4.78 is 7.03. The fraction of sp³-hybridized carbons (Fsp3) is 0.500. The second-order valence-electron chi connectivity index (χ2n) is 6.43. The van der Waals surface area contributed by atoms with Gasteiger partial charge in [-0.25, -0.2) is 14.3 Å². The maximum Gasteiger partial charge on any atom is 0.419 e. The van der Waals surface area contributed by atoms with Crippen LogP contribution in [0.25, 0.3) is 0 Å². The van der Waals surface area contributed by atoms with E-state index in [1.165, 1.54) is 21.3 Å². The van der Waals surface area contributed by atoms with Crippen LogP contribution in [0.5, 0.6) is 0 Å². The van der Waals surface area contributed by atoms with Gasteiger partial charge < -0.3 is 4.74 Å². The molecule has 0 spiro atoms. The molecule has 0 amide bonds. The summed E-state index contributed by atoms with van der Waals surface area (Å²) in [4.78, 5) is 16.9. The number of carbonyl (C=O) groups is 1. The SMILES string of the molecule is CCC(CC)COC(=O)n1ccnc1[C@@H](C)c1cccc(C)c1C. The number of imidazole rings is 1. The number of carbonyl (C=O) groups excluding carboxylic acids is 1. The van der Waals surface area contributed by atoms with E-state index >= 15 is 0 Å². The summed E-state index contributed by atoms with van der Waals surface area (Å²) in [6, 6.07) is 6.25. The van der Waals surface area contributed by atoms with Gasteiger partial charge in [-0.05, 0) is 36.5 Å². The van der Waals surface area contributed by atoms with Crippen LogP contribution >= 0.6 is 0 Å². The van der Waals surface area contributed by atoms with Crippen LogP contribution in [0.3, 0.4) is 0 Å². The first kappa shape index (κ1) is 18.2. The summed E-state index contributed by atoms with van der Waals surface area (Å²) in [5.74, 6) is 1.16. The Balaban J connectivity index is 2.20. The zero-order valence-corrected chi connectivity index (χ0v) is 15.4. The highest BCUT2D eigenvalue weighted by atomic mass is 16.5. The zero-order chi connectivity index (χ0) is 17.7. The van der Waals surface area contributed by atoms with Crippen LogP contribution < -0.4 is 0 Å². The average Bonchev–Trinajstić information content (AvgIpc) is 3.07. The summed E-state index contributed by atoms with van der Waals surface area (Å²) in [6.45, 7) is 11.0. The van der Waals surface area contributed by atoms with Crippen molar-refractivity contribution in [3.8, 4) is 0 Å². The fourth-order valence-corrected chi connectivity index (χ4v) is 2.95. The van der Waals surface area contributed by atoms with E-state index in [0.29, 0.717) is 12.5 Å². The third-order valence-corrected chi connectivity index (χ3v) is 4.96. The highest BCUT2D eigenvalue weighted by Crippen LogP contribution is 2.27. The molecule has 0 radical (unpaired) electrons. The van der Waals surface area contributed by atoms with Gasteiger partial charge in [0, 0.05) is 18.3 Å². The molecule has 0 aliphatic rings.